The van der Waals surface area contributed by atoms with Crippen LogP contribution in [-0.2, 0) is 6.54 Å². The third-order valence-corrected chi connectivity index (χ3v) is 4.92. The van der Waals surface area contributed by atoms with Crippen molar-refractivity contribution in [1.82, 2.24) is 14.9 Å². The van der Waals surface area contributed by atoms with Crippen molar-refractivity contribution in [3.05, 3.63) is 65.4 Å². The Morgan fingerprint density at radius 1 is 0.960 bits per heavy atom. The second-order valence-electron chi connectivity index (χ2n) is 6.54. The van der Waals surface area contributed by atoms with Gasteiger partial charge < -0.3 is 5.32 Å². The number of halogens is 1. The fourth-order valence-corrected chi connectivity index (χ4v) is 3.60. The standard InChI is InChI=1S/C20H21ClN4/c21-20-23-18-9-5-4-8-17(18)19(24-20)22-16-10-12-25(13-11-16)14-15-6-2-1-3-7-15/h1-9,16H,10-14H2,(H,22,23,24). The van der Waals surface area contributed by atoms with Gasteiger partial charge in [0.15, 0.2) is 0 Å². The van der Waals surface area contributed by atoms with Gasteiger partial charge in [0, 0.05) is 31.1 Å². The minimum Gasteiger partial charge on any atom is -0.367 e. The van der Waals surface area contributed by atoms with Gasteiger partial charge in [-0.25, -0.2) is 9.97 Å². The van der Waals surface area contributed by atoms with Gasteiger partial charge in [0.25, 0.3) is 0 Å². The monoisotopic (exact) mass is 352 g/mol. The Hall–Kier alpha value is -2.17. The van der Waals surface area contributed by atoms with E-state index in [1.54, 1.807) is 0 Å². The molecule has 1 N–H and O–H groups in total. The number of nitrogens with zero attached hydrogens (tertiary/aromatic N) is 3. The fourth-order valence-electron chi connectivity index (χ4n) is 3.43. The van der Waals surface area contributed by atoms with Crippen molar-refractivity contribution in [3.8, 4) is 0 Å². The molecular formula is C20H21ClN4. The molecule has 1 aliphatic heterocycles. The maximum Gasteiger partial charge on any atom is 0.224 e. The maximum absolute atomic E-state index is 6.08. The molecule has 0 bridgehead atoms. The van der Waals surface area contributed by atoms with Crippen molar-refractivity contribution in [2.24, 2.45) is 0 Å². The van der Waals surface area contributed by atoms with E-state index in [9.17, 15) is 0 Å². The lowest BCUT2D eigenvalue weighted by molar-refractivity contribution is 0.211. The summed E-state index contributed by atoms with van der Waals surface area (Å²) in [5.41, 5.74) is 2.26. The summed E-state index contributed by atoms with van der Waals surface area (Å²) in [5, 5.41) is 4.91. The normalized spacial score (nSPS) is 16.2. The highest BCUT2D eigenvalue weighted by molar-refractivity contribution is 6.28. The molecule has 0 spiro atoms. The van der Waals surface area contributed by atoms with Gasteiger partial charge in [-0.1, -0.05) is 42.5 Å². The quantitative estimate of drug-likeness (QED) is 0.708. The minimum atomic E-state index is 0.294. The summed E-state index contributed by atoms with van der Waals surface area (Å²) < 4.78 is 0. The van der Waals surface area contributed by atoms with Gasteiger partial charge in [0.1, 0.15) is 5.82 Å². The van der Waals surface area contributed by atoms with Gasteiger partial charge in [-0.15, -0.1) is 0 Å². The molecular weight excluding hydrogens is 332 g/mol. The molecule has 0 aliphatic carbocycles. The number of nitrogens with one attached hydrogen (secondary N) is 1. The Labute approximate surface area is 152 Å². The molecule has 0 unspecified atom stereocenters. The van der Waals surface area contributed by atoms with Crippen molar-refractivity contribution in [2.75, 3.05) is 18.4 Å². The molecule has 1 aromatic heterocycles. The van der Waals surface area contributed by atoms with Crippen LogP contribution in [0.5, 0.6) is 0 Å². The van der Waals surface area contributed by atoms with E-state index in [1.807, 2.05) is 24.3 Å². The predicted octanol–water partition coefficient (Wildman–Crippen LogP) is 4.36. The van der Waals surface area contributed by atoms with E-state index in [1.165, 1.54) is 5.56 Å². The molecule has 4 rings (SSSR count). The van der Waals surface area contributed by atoms with Crippen molar-refractivity contribution in [1.29, 1.82) is 0 Å². The van der Waals surface area contributed by atoms with E-state index in [2.05, 4.69) is 50.5 Å². The van der Waals surface area contributed by atoms with E-state index in [4.69, 9.17) is 11.6 Å². The average molecular weight is 353 g/mol. The molecule has 3 aromatic rings. The molecule has 0 radical (unpaired) electrons. The zero-order valence-electron chi connectivity index (χ0n) is 14.0. The Balaban J connectivity index is 1.41. The van der Waals surface area contributed by atoms with E-state index >= 15 is 0 Å². The van der Waals surface area contributed by atoms with E-state index < -0.39 is 0 Å². The Bertz CT molecular complexity index is 845. The first kappa shape index (κ1) is 16.3. The van der Waals surface area contributed by atoms with Crippen LogP contribution in [0.25, 0.3) is 10.9 Å². The number of piperidine rings is 1. The number of rotatable bonds is 4. The molecule has 128 valence electrons. The number of hydrogen-bond donors (Lipinski definition) is 1. The van der Waals surface area contributed by atoms with Crippen molar-refractivity contribution in [2.45, 2.75) is 25.4 Å². The number of hydrogen-bond acceptors (Lipinski definition) is 4. The van der Waals surface area contributed by atoms with Crippen LogP contribution >= 0.6 is 11.6 Å². The van der Waals surface area contributed by atoms with E-state index in [-0.39, 0.29) is 0 Å². The van der Waals surface area contributed by atoms with Gasteiger partial charge in [-0.3, -0.25) is 4.90 Å². The summed E-state index contributed by atoms with van der Waals surface area (Å²) >= 11 is 6.08. The molecule has 1 aliphatic rings. The molecule has 1 saturated heterocycles. The molecule has 0 saturated carbocycles. The lowest BCUT2D eigenvalue weighted by Crippen LogP contribution is -2.38. The van der Waals surface area contributed by atoms with E-state index in [0.717, 1.165) is 49.2 Å². The average Bonchev–Trinajstić information content (AvgIpc) is 2.64. The van der Waals surface area contributed by atoms with Gasteiger partial charge >= 0.3 is 0 Å². The molecule has 2 heterocycles. The zero-order chi connectivity index (χ0) is 17.1. The maximum atomic E-state index is 6.08. The number of anilines is 1. The van der Waals surface area contributed by atoms with Crippen LogP contribution in [0.1, 0.15) is 18.4 Å². The first-order valence-corrected chi connectivity index (χ1v) is 9.11. The molecule has 5 heteroatoms. The molecule has 25 heavy (non-hydrogen) atoms. The van der Waals surface area contributed by atoms with Crippen LogP contribution in [0.4, 0.5) is 5.82 Å². The van der Waals surface area contributed by atoms with Crippen LogP contribution < -0.4 is 5.32 Å². The lowest BCUT2D eigenvalue weighted by atomic mass is 10.0. The van der Waals surface area contributed by atoms with Gasteiger partial charge in [0.2, 0.25) is 5.28 Å². The van der Waals surface area contributed by atoms with Crippen molar-refractivity contribution >= 4 is 28.3 Å². The third kappa shape index (κ3) is 3.91. The Kier molecular flexibility index (Phi) is 4.81. The Morgan fingerprint density at radius 2 is 1.68 bits per heavy atom. The van der Waals surface area contributed by atoms with Crippen LogP contribution in [0.2, 0.25) is 5.28 Å². The summed E-state index contributed by atoms with van der Waals surface area (Å²) in [5.74, 6) is 0.845. The van der Waals surface area contributed by atoms with Crippen LogP contribution in [0.15, 0.2) is 54.6 Å². The van der Waals surface area contributed by atoms with Crippen molar-refractivity contribution in [3.63, 3.8) is 0 Å². The van der Waals surface area contributed by atoms with Crippen LogP contribution in [0, 0.1) is 0 Å². The fraction of sp³-hybridized carbons (Fsp3) is 0.300. The minimum absolute atomic E-state index is 0.294. The molecule has 2 aromatic carbocycles. The smallest absolute Gasteiger partial charge is 0.224 e. The number of fused-ring (bicyclic) bond motifs is 1. The van der Waals surface area contributed by atoms with Crippen LogP contribution in [0.3, 0.4) is 0 Å². The number of para-hydroxylation sites is 1. The topological polar surface area (TPSA) is 41.1 Å². The highest BCUT2D eigenvalue weighted by Crippen LogP contribution is 2.24. The van der Waals surface area contributed by atoms with E-state index in [0.29, 0.717) is 11.3 Å². The summed E-state index contributed by atoms with van der Waals surface area (Å²) in [6, 6.07) is 19.1. The summed E-state index contributed by atoms with van der Waals surface area (Å²) in [6.45, 7) is 3.20. The second kappa shape index (κ2) is 7.38. The molecule has 0 amide bonds. The van der Waals surface area contributed by atoms with Crippen molar-refractivity contribution < 1.29 is 0 Å². The highest BCUT2D eigenvalue weighted by atomic mass is 35.5. The molecule has 0 atom stereocenters. The summed E-state index contributed by atoms with van der Waals surface area (Å²) in [6.07, 6.45) is 2.20. The number of likely N-dealkylation sites (tertiary alicyclic amines) is 1. The first-order valence-electron chi connectivity index (χ1n) is 8.73. The lowest BCUT2D eigenvalue weighted by Gasteiger charge is -2.32. The summed E-state index contributed by atoms with van der Waals surface area (Å²) in [7, 11) is 0. The predicted molar refractivity (Wildman–Crippen MR) is 103 cm³/mol. The molecule has 4 nitrogen and oxygen atoms in total. The SMILES string of the molecule is Clc1nc(NC2CCN(Cc3ccccc3)CC2)c2ccccc2n1. The van der Waals surface area contributed by atoms with Gasteiger partial charge in [0.05, 0.1) is 5.52 Å². The second-order valence-corrected chi connectivity index (χ2v) is 6.88. The Morgan fingerprint density at radius 3 is 2.48 bits per heavy atom. The zero-order valence-corrected chi connectivity index (χ0v) is 14.8. The summed E-state index contributed by atoms with van der Waals surface area (Å²) in [4.78, 5) is 11.2. The molecule has 1 fully saturated rings. The van der Waals surface area contributed by atoms with Gasteiger partial charge in [-0.2, -0.15) is 0 Å². The highest BCUT2D eigenvalue weighted by Gasteiger charge is 2.20. The van der Waals surface area contributed by atoms with Crippen LogP contribution in [-0.4, -0.2) is 34.0 Å². The number of aromatic nitrogens is 2. The number of benzene rings is 2. The van der Waals surface area contributed by atoms with Gasteiger partial charge in [-0.05, 0) is 42.1 Å². The third-order valence-electron chi connectivity index (χ3n) is 4.75. The largest absolute Gasteiger partial charge is 0.367 e. The first-order chi connectivity index (χ1) is 12.3.